The zero-order valence-electron chi connectivity index (χ0n) is 13.4. The number of thiophene rings is 1. The third kappa shape index (κ3) is 2.60. The van der Waals surface area contributed by atoms with Crippen LogP contribution in [0.15, 0.2) is 47.8 Å². The fourth-order valence-corrected chi connectivity index (χ4v) is 4.99. The van der Waals surface area contributed by atoms with Crippen LogP contribution in [-0.2, 0) is 0 Å². The highest BCUT2D eigenvalue weighted by atomic mass is 32.1. The van der Waals surface area contributed by atoms with E-state index in [4.69, 9.17) is 0 Å². The molecule has 0 aliphatic carbocycles. The molecule has 1 aromatic heterocycles. The quantitative estimate of drug-likeness (QED) is 0.854. The van der Waals surface area contributed by atoms with Gasteiger partial charge in [0.1, 0.15) is 0 Å². The zero-order chi connectivity index (χ0) is 15.8. The van der Waals surface area contributed by atoms with Gasteiger partial charge in [0.15, 0.2) is 0 Å². The Morgan fingerprint density at radius 1 is 1.13 bits per heavy atom. The van der Waals surface area contributed by atoms with Crippen LogP contribution in [-0.4, -0.2) is 36.0 Å². The van der Waals surface area contributed by atoms with Crippen molar-refractivity contribution in [3.05, 3.63) is 53.4 Å². The molecule has 0 saturated carbocycles. The largest absolute Gasteiger partial charge is 0.299 e. The lowest BCUT2D eigenvalue weighted by Crippen LogP contribution is -2.63. The Balaban J connectivity index is 1.73. The molecular weight excluding hydrogens is 304 g/mol. The number of rotatable bonds is 3. The molecule has 120 valence electrons. The summed E-state index contributed by atoms with van der Waals surface area (Å²) in [7, 11) is 0. The Kier molecular flexibility index (Phi) is 3.95. The maximum absolute atomic E-state index is 13.3. The summed E-state index contributed by atoms with van der Waals surface area (Å²) in [5, 5.41) is 3.14. The molecule has 4 heterocycles. The minimum absolute atomic E-state index is 0.138. The van der Waals surface area contributed by atoms with Gasteiger partial charge in [0.2, 0.25) is 0 Å². The first kappa shape index (κ1) is 14.9. The van der Waals surface area contributed by atoms with Crippen LogP contribution in [0.5, 0.6) is 0 Å². The fraction of sp³-hybridized carbons (Fsp3) is 0.421. The Morgan fingerprint density at radius 3 is 2.48 bits per heavy atom. The summed E-state index contributed by atoms with van der Waals surface area (Å²) in [6.07, 6.45) is 2.41. The van der Waals surface area contributed by atoms with Crippen molar-refractivity contribution in [1.29, 1.82) is 0 Å². The molecule has 23 heavy (non-hydrogen) atoms. The molecule has 3 aliphatic heterocycles. The topological polar surface area (TPSA) is 23.6 Å². The first-order valence-electron chi connectivity index (χ1n) is 8.42. The minimum Gasteiger partial charge on any atom is -0.299 e. The van der Waals surface area contributed by atoms with Crippen molar-refractivity contribution >= 4 is 22.2 Å². The summed E-state index contributed by atoms with van der Waals surface area (Å²) in [6.45, 7) is 4.65. The van der Waals surface area contributed by atoms with Gasteiger partial charge in [-0.1, -0.05) is 18.2 Å². The number of anilines is 1. The lowest BCUT2D eigenvalue weighted by atomic mass is 9.78. The molecule has 1 aromatic carbocycles. The second kappa shape index (κ2) is 6.10. The predicted molar refractivity (Wildman–Crippen MR) is 95.1 cm³/mol. The van der Waals surface area contributed by atoms with E-state index in [1.807, 2.05) is 36.4 Å². The Hall–Kier alpha value is -1.65. The number of benzene rings is 1. The molecule has 3 nitrogen and oxygen atoms in total. The molecular formula is C19H22N2OS. The highest BCUT2D eigenvalue weighted by Gasteiger charge is 2.45. The normalized spacial score (nSPS) is 29.4. The van der Waals surface area contributed by atoms with Gasteiger partial charge in [0, 0.05) is 11.6 Å². The number of carbonyl (C=O) groups is 1. The third-order valence-electron chi connectivity index (χ3n) is 5.41. The van der Waals surface area contributed by atoms with E-state index >= 15 is 0 Å². The monoisotopic (exact) mass is 326 g/mol. The average molecular weight is 326 g/mol. The maximum atomic E-state index is 13.3. The van der Waals surface area contributed by atoms with E-state index in [1.54, 1.807) is 11.3 Å². The summed E-state index contributed by atoms with van der Waals surface area (Å²) in [4.78, 5) is 17.9. The fourth-order valence-electron chi connectivity index (χ4n) is 4.21. The highest BCUT2D eigenvalue weighted by molar-refractivity contribution is 7.14. The van der Waals surface area contributed by atoms with Crippen molar-refractivity contribution in [2.24, 2.45) is 5.92 Å². The first-order valence-corrected chi connectivity index (χ1v) is 9.30. The van der Waals surface area contributed by atoms with E-state index < -0.39 is 0 Å². The van der Waals surface area contributed by atoms with Crippen LogP contribution < -0.4 is 4.90 Å². The van der Waals surface area contributed by atoms with Crippen molar-refractivity contribution in [2.45, 2.75) is 31.8 Å². The average Bonchev–Trinajstić information content (AvgIpc) is 3.13. The molecule has 5 rings (SSSR count). The first-order chi connectivity index (χ1) is 11.3. The number of carbonyl (C=O) groups excluding carboxylic acids is 1. The lowest BCUT2D eigenvalue weighted by Gasteiger charge is -2.53. The van der Waals surface area contributed by atoms with E-state index in [1.165, 1.54) is 25.9 Å². The number of nitrogens with zero attached hydrogens (tertiary/aromatic N) is 2. The second-order valence-corrected chi connectivity index (χ2v) is 7.52. The van der Waals surface area contributed by atoms with Crippen molar-refractivity contribution in [3.8, 4) is 0 Å². The number of piperidine rings is 3. The van der Waals surface area contributed by atoms with Gasteiger partial charge in [-0.25, -0.2) is 0 Å². The van der Waals surface area contributed by atoms with Crippen LogP contribution in [0.4, 0.5) is 5.00 Å². The second-order valence-electron chi connectivity index (χ2n) is 6.60. The van der Waals surface area contributed by atoms with E-state index in [2.05, 4.69) is 28.2 Å². The number of hydrogen-bond donors (Lipinski definition) is 0. The third-order valence-corrected chi connectivity index (χ3v) is 6.28. The Labute approximate surface area is 141 Å². The van der Waals surface area contributed by atoms with Crippen LogP contribution in [0.1, 0.15) is 30.1 Å². The van der Waals surface area contributed by atoms with E-state index in [-0.39, 0.29) is 11.9 Å². The summed E-state index contributed by atoms with van der Waals surface area (Å²) in [5.41, 5.74) is 0.782. The molecule has 0 spiro atoms. The van der Waals surface area contributed by atoms with Crippen LogP contribution in [0, 0.1) is 5.92 Å². The number of amides is 1. The molecule has 1 amide bonds. The number of hydrogen-bond acceptors (Lipinski definition) is 3. The molecule has 3 fully saturated rings. The molecule has 0 unspecified atom stereocenters. The summed E-state index contributed by atoms with van der Waals surface area (Å²) in [5.74, 6) is 0.753. The molecule has 2 aromatic rings. The van der Waals surface area contributed by atoms with Crippen molar-refractivity contribution in [2.75, 3.05) is 18.0 Å². The van der Waals surface area contributed by atoms with Gasteiger partial charge in [-0.15, -0.1) is 11.3 Å². The molecule has 3 saturated heterocycles. The SMILES string of the molecule is C[C@@H]1[C@H](N(C(=O)c2ccccc2)c2cccs2)C2CCN1CC2. The van der Waals surface area contributed by atoms with Crippen molar-refractivity contribution < 1.29 is 4.79 Å². The van der Waals surface area contributed by atoms with Crippen molar-refractivity contribution in [1.82, 2.24) is 4.90 Å². The Morgan fingerprint density at radius 2 is 1.87 bits per heavy atom. The molecule has 2 atom stereocenters. The van der Waals surface area contributed by atoms with Crippen LogP contribution in [0.25, 0.3) is 0 Å². The summed E-state index contributed by atoms with van der Waals surface area (Å²) >= 11 is 1.66. The van der Waals surface area contributed by atoms with Crippen LogP contribution in [0.3, 0.4) is 0 Å². The standard InChI is InChI=1S/C19H22N2OS/c1-14-18(15-9-11-20(14)12-10-15)21(17-8-5-13-23-17)19(22)16-6-3-2-4-7-16/h2-8,13-15,18H,9-12H2,1H3/t14-,18+/m1/s1. The molecule has 0 radical (unpaired) electrons. The van der Waals surface area contributed by atoms with E-state index in [0.717, 1.165) is 10.6 Å². The molecule has 2 bridgehead atoms. The lowest BCUT2D eigenvalue weighted by molar-refractivity contribution is 0.0330. The van der Waals surface area contributed by atoms with E-state index in [0.29, 0.717) is 12.0 Å². The van der Waals surface area contributed by atoms with Crippen LogP contribution in [0.2, 0.25) is 0 Å². The van der Waals surface area contributed by atoms with Gasteiger partial charge >= 0.3 is 0 Å². The van der Waals surface area contributed by atoms with Gasteiger partial charge < -0.3 is 0 Å². The van der Waals surface area contributed by atoms with Crippen molar-refractivity contribution in [3.63, 3.8) is 0 Å². The minimum atomic E-state index is 0.138. The molecule has 0 N–H and O–H groups in total. The van der Waals surface area contributed by atoms with Gasteiger partial charge in [-0.05, 0) is 68.4 Å². The van der Waals surface area contributed by atoms with Gasteiger partial charge in [0.25, 0.3) is 5.91 Å². The Bertz CT molecular complexity index is 660. The zero-order valence-corrected chi connectivity index (χ0v) is 14.2. The van der Waals surface area contributed by atoms with E-state index in [9.17, 15) is 4.79 Å². The molecule has 3 aliphatic rings. The van der Waals surface area contributed by atoms with Gasteiger partial charge in [-0.3, -0.25) is 14.6 Å². The molecule has 4 heteroatoms. The summed E-state index contributed by atoms with van der Waals surface area (Å²) < 4.78 is 0. The smallest absolute Gasteiger partial charge is 0.259 e. The highest BCUT2D eigenvalue weighted by Crippen LogP contribution is 2.39. The van der Waals surface area contributed by atoms with Gasteiger partial charge in [0.05, 0.1) is 11.0 Å². The maximum Gasteiger partial charge on any atom is 0.259 e. The summed E-state index contributed by atoms with van der Waals surface area (Å²) in [6, 6.07) is 14.5. The predicted octanol–water partition coefficient (Wildman–Crippen LogP) is 3.88. The number of fused-ring (bicyclic) bond motifs is 3. The van der Waals surface area contributed by atoms with Crippen LogP contribution >= 0.6 is 11.3 Å². The van der Waals surface area contributed by atoms with Gasteiger partial charge in [-0.2, -0.15) is 0 Å².